The molecule has 0 amide bonds. The van der Waals surface area contributed by atoms with Crippen molar-refractivity contribution in [2.75, 3.05) is 11.5 Å². The zero-order chi connectivity index (χ0) is 11.8. The molecule has 1 aliphatic rings. The van der Waals surface area contributed by atoms with E-state index >= 15 is 0 Å². The minimum Gasteiger partial charge on any atom is -0.207 e. The number of hydrogen-bond acceptors (Lipinski definition) is 4. The van der Waals surface area contributed by atoms with Crippen LogP contribution >= 0.6 is 39.0 Å². The van der Waals surface area contributed by atoms with E-state index in [0.717, 1.165) is 26.6 Å². The normalized spacial score (nSPS) is 21.5. The van der Waals surface area contributed by atoms with Crippen molar-refractivity contribution >= 4 is 49.1 Å². The summed E-state index contributed by atoms with van der Waals surface area (Å²) in [5, 5.41) is 0. The Hall–Kier alpha value is 0.440. The van der Waals surface area contributed by atoms with Gasteiger partial charge in [-0.15, -0.1) is 11.3 Å². The predicted octanol–water partition coefficient (Wildman–Crippen LogP) is 2.60. The lowest BCUT2D eigenvalue weighted by Gasteiger charge is -2.11. The van der Waals surface area contributed by atoms with Gasteiger partial charge in [-0.2, -0.15) is 11.8 Å². The fourth-order valence-electron chi connectivity index (χ4n) is 1.61. The number of thiophene rings is 1. The predicted molar refractivity (Wildman–Crippen MR) is 72.8 cm³/mol. The van der Waals surface area contributed by atoms with Crippen LogP contribution in [-0.2, 0) is 10.0 Å². The zero-order valence-corrected chi connectivity index (χ0v) is 12.7. The molecule has 16 heavy (non-hydrogen) atoms. The maximum Gasteiger partial charge on any atom is 0.241 e. The first-order valence-electron chi connectivity index (χ1n) is 4.85. The van der Waals surface area contributed by atoms with Crippen LogP contribution < -0.4 is 4.72 Å². The molecule has 90 valence electrons. The molecule has 1 unspecified atom stereocenters. The Balaban J connectivity index is 2.21. The van der Waals surface area contributed by atoms with Crippen LogP contribution in [0.2, 0.25) is 0 Å². The first kappa shape index (κ1) is 12.9. The maximum absolute atomic E-state index is 12.1. The van der Waals surface area contributed by atoms with Gasteiger partial charge in [0, 0.05) is 16.7 Å². The van der Waals surface area contributed by atoms with Crippen molar-refractivity contribution in [1.82, 2.24) is 4.72 Å². The number of thioether (sulfide) groups is 1. The van der Waals surface area contributed by atoms with Crippen molar-refractivity contribution in [2.24, 2.45) is 0 Å². The minimum absolute atomic E-state index is 0.0908. The molecule has 0 saturated carbocycles. The van der Waals surface area contributed by atoms with Crippen molar-refractivity contribution in [1.29, 1.82) is 0 Å². The second-order valence-corrected chi connectivity index (χ2v) is 9.12. The summed E-state index contributed by atoms with van der Waals surface area (Å²) in [4.78, 5) is 1.23. The summed E-state index contributed by atoms with van der Waals surface area (Å²) in [6, 6.07) is 1.76. The Morgan fingerprint density at radius 1 is 1.56 bits per heavy atom. The highest BCUT2D eigenvalue weighted by atomic mass is 79.9. The molecule has 0 spiro atoms. The molecule has 7 heteroatoms. The van der Waals surface area contributed by atoms with Crippen molar-refractivity contribution in [3.63, 3.8) is 0 Å². The van der Waals surface area contributed by atoms with Gasteiger partial charge in [0.25, 0.3) is 0 Å². The van der Waals surface area contributed by atoms with Gasteiger partial charge >= 0.3 is 0 Å². The molecule has 1 fully saturated rings. The van der Waals surface area contributed by atoms with Gasteiger partial charge in [0.2, 0.25) is 10.0 Å². The number of halogens is 1. The van der Waals surface area contributed by atoms with E-state index in [9.17, 15) is 8.42 Å². The van der Waals surface area contributed by atoms with Gasteiger partial charge in [-0.1, -0.05) is 0 Å². The second-order valence-electron chi connectivity index (χ2n) is 3.65. The third-order valence-electron chi connectivity index (χ3n) is 2.38. The quantitative estimate of drug-likeness (QED) is 0.919. The lowest BCUT2D eigenvalue weighted by Crippen LogP contribution is -2.34. The van der Waals surface area contributed by atoms with Gasteiger partial charge in [0.15, 0.2) is 0 Å². The van der Waals surface area contributed by atoms with E-state index in [1.807, 2.05) is 6.92 Å². The Morgan fingerprint density at radius 2 is 2.31 bits per heavy atom. The Bertz CT molecular complexity index is 477. The third-order valence-corrected chi connectivity index (χ3v) is 6.88. The number of rotatable bonds is 3. The molecule has 0 aliphatic carbocycles. The van der Waals surface area contributed by atoms with Gasteiger partial charge in [0.05, 0.1) is 8.68 Å². The van der Waals surface area contributed by atoms with E-state index in [1.165, 1.54) is 11.3 Å². The fraction of sp³-hybridized carbons (Fsp3) is 0.556. The Morgan fingerprint density at radius 3 is 2.81 bits per heavy atom. The lowest BCUT2D eigenvalue weighted by molar-refractivity contribution is 0.563. The standard InChI is InChI=1S/C9H12BrNO2S3/c1-6-8(4-9(10)15-6)16(12,13)11-7-2-3-14-5-7/h4,7,11H,2-3,5H2,1H3. The maximum atomic E-state index is 12.1. The molecule has 2 rings (SSSR count). The summed E-state index contributed by atoms with van der Waals surface area (Å²) in [6.45, 7) is 1.83. The zero-order valence-electron chi connectivity index (χ0n) is 8.70. The lowest BCUT2D eigenvalue weighted by atomic mass is 10.3. The first-order valence-corrected chi connectivity index (χ1v) is 9.10. The van der Waals surface area contributed by atoms with Gasteiger partial charge in [0.1, 0.15) is 0 Å². The molecular weight excluding hydrogens is 330 g/mol. The summed E-state index contributed by atoms with van der Waals surface area (Å²) in [7, 11) is -3.34. The highest BCUT2D eigenvalue weighted by Crippen LogP contribution is 2.30. The van der Waals surface area contributed by atoms with Gasteiger partial charge in [-0.3, -0.25) is 0 Å². The topological polar surface area (TPSA) is 46.2 Å². The molecule has 1 N–H and O–H groups in total. The summed E-state index contributed by atoms with van der Waals surface area (Å²) in [5.74, 6) is 1.92. The third kappa shape index (κ3) is 2.81. The monoisotopic (exact) mass is 341 g/mol. The molecule has 0 bridgehead atoms. The van der Waals surface area contributed by atoms with Crippen LogP contribution in [-0.4, -0.2) is 26.0 Å². The summed E-state index contributed by atoms with van der Waals surface area (Å²) in [5.41, 5.74) is 0. The summed E-state index contributed by atoms with van der Waals surface area (Å²) in [6.07, 6.45) is 0.925. The number of aryl methyl sites for hydroxylation is 1. The van der Waals surface area contributed by atoms with Crippen LogP contribution in [0.1, 0.15) is 11.3 Å². The smallest absolute Gasteiger partial charge is 0.207 e. The van der Waals surface area contributed by atoms with Crippen molar-refractivity contribution < 1.29 is 8.42 Å². The highest BCUT2D eigenvalue weighted by Gasteiger charge is 2.25. The SMILES string of the molecule is Cc1sc(Br)cc1S(=O)(=O)NC1CCSC1. The fourth-order valence-corrected chi connectivity index (χ4v) is 6.55. The molecule has 1 aromatic rings. The molecular formula is C9H12BrNO2S3. The van der Waals surface area contributed by atoms with E-state index < -0.39 is 10.0 Å². The second kappa shape index (κ2) is 4.97. The average Bonchev–Trinajstić information content (AvgIpc) is 2.75. The molecule has 1 aliphatic heterocycles. The van der Waals surface area contributed by atoms with Crippen molar-refractivity contribution in [3.8, 4) is 0 Å². The summed E-state index contributed by atoms with van der Waals surface area (Å²) >= 11 is 6.55. The van der Waals surface area contributed by atoms with Crippen LogP contribution in [0.5, 0.6) is 0 Å². The Kier molecular flexibility index (Phi) is 4.01. The van der Waals surface area contributed by atoms with E-state index in [0.29, 0.717) is 4.90 Å². The van der Waals surface area contributed by atoms with Crippen LogP contribution in [0.15, 0.2) is 14.7 Å². The molecule has 1 atom stereocenters. The van der Waals surface area contributed by atoms with Crippen LogP contribution in [0.3, 0.4) is 0 Å². The number of hydrogen-bond donors (Lipinski definition) is 1. The number of sulfonamides is 1. The van der Waals surface area contributed by atoms with Gasteiger partial charge < -0.3 is 0 Å². The van der Waals surface area contributed by atoms with Crippen LogP contribution in [0.4, 0.5) is 0 Å². The molecule has 0 radical (unpaired) electrons. The minimum atomic E-state index is -3.34. The molecule has 1 saturated heterocycles. The van der Waals surface area contributed by atoms with Crippen LogP contribution in [0.25, 0.3) is 0 Å². The van der Waals surface area contributed by atoms with Crippen LogP contribution in [0, 0.1) is 6.92 Å². The highest BCUT2D eigenvalue weighted by molar-refractivity contribution is 9.11. The number of nitrogens with one attached hydrogen (secondary N) is 1. The van der Waals surface area contributed by atoms with E-state index in [2.05, 4.69) is 20.7 Å². The van der Waals surface area contributed by atoms with E-state index in [4.69, 9.17) is 0 Å². The first-order chi connectivity index (χ1) is 7.49. The van der Waals surface area contributed by atoms with E-state index in [1.54, 1.807) is 17.8 Å². The Labute approximate surface area is 112 Å². The average molecular weight is 342 g/mol. The van der Waals surface area contributed by atoms with Crippen molar-refractivity contribution in [3.05, 3.63) is 14.7 Å². The molecule has 0 aromatic carbocycles. The molecule has 1 aromatic heterocycles. The van der Waals surface area contributed by atoms with Gasteiger partial charge in [-0.25, -0.2) is 13.1 Å². The van der Waals surface area contributed by atoms with Crippen molar-refractivity contribution in [2.45, 2.75) is 24.3 Å². The largest absolute Gasteiger partial charge is 0.241 e. The molecule has 2 heterocycles. The van der Waals surface area contributed by atoms with Gasteiger partial charge in [-0.05, 0) is 41.1 Å². The summed E-state index contributed by atoms with van der Waals surface area (Å²) < 4.78 is 27.8. The van der Waals surface area contributed by atoms with E-state index in [-0.39, 0.29) is 6.04 Å². The molecule has 3 nitrogen and oxygen atoms in total.